The molecule has 0 aliphatic rings. The lowest BCUT2D eigenvalue weighted by atomic mass is 10.0. The number of ether oxygens (including phenoxy) is 1. The predicted octanol–water partition coefficient (Wildman–Crippen LogP) is 3.72. The molecule has 0 saturated heterocycles. The molecule has 6 heteroatoms. The van der Waals surface area contributed by atoms with Gasteiger partial charge in [-0.2, -0.15) is 0 Å². The summed E-state index contributed by atoms with van der Waals surface area (Å²) in [5.41, 5.74) is 1.46. The van der Waals surface area contributed by atoms with Crippen molar-refractivity contribution in [3.63, 3.8) is 0 Å². The molecule has 0 aliphatic heterocycles. The fraction of sp³-hybridized carbons (Fsp3) is 0.250. The molecular formula is C16H17NO4S. The Hall–Kier alpha value is -2.34. The van der Waals surface area contributed by atoms with E-state index in [4.69, 9.17) is 4.74 Å². The summed E-state index contributed by atoms with van der Waals surface area (Å²) in [5.74, 6) is -0.783. The van der Waals surface area contributed by atoms with E-state index in [1.807, 2.05) is 0 Å². The van der Waals surface area contributed by atoms with Crippen molar-refractivity contribution in [3.8, 4) is 16.9 Å². The van der Waals surface area contributed by atoms with Gasteiger partial charge in [0.2, 0.25) is 5.91 Å². The molecular weight excluding hydrogens is 302 g/mol. The van der Waals surface area contributed by atoms with E-state index in [1.165, 1.54) is 11.3 Å². The predicted molar refractivity (Wildman–Crippen MR) is 86.7 cm³/mol. The maximum atomic E-state index is 11.8. The first-order chi connectivity index (χ1) is 10.4. The second-order valence-corrected chi connectivity index (χ2v) is 5.91. The van der Waals surface area contributed by atoms with Crippen molar-refractivity contribution in [1.82, 2.24) is 0 Å². The molecule has 1 amide bonds. The zero-order chi connectivity index (χ0) is 16.3. The largest absolute Gasteiger partial charge is 0.497 e. The van der Waals surface area contributed by atoms with Crippen molar-refractivity contribution in [2.24, 2.45) is 5.92 Å². The van der Waals surface area contributed by atoms with E-state index < -0.39 is 5.97 Å². The van der Waals surface area contributed by atoms with Gasteiger partial charge in [0.15, 0.2) is 0 Å². The Bertz CT molecular complexity index is 689. The Morgan fingerprint density at radius 2 is 1.86 bits per heavy atom. The van der Waals surface area contributed by atoms with Gasteiger partial charge in [0.1, 0.15) is 16.3 Å². The van der Waals surface area contributed by atoms with Crippen LogP contribution >= 0.6 is 11.3 Å². The number of aromatic carboxylic acids is 1. The second kappa shape index (κ2) is 6.62. The zero-order valence-corrected chi connectivity index (χ0v) is 13.4. The van der Waals surface area contributed by atoms with Crippen LogP contribution in [0.5, 0.6) is 5.75 Å². The minimum atomic E-state index is -1.06. The number of nitrogens with one attached hydrogen (secondary N) is 1. The molecule has 5 nitrogen and oxygen atoms in total. The van der Waals surface area contributed by atoms with E-state index in [0.717, 1.165) is 5.56 Å². The first kappa shape index (κ1) is 16.0. The van der Waals surface area contributed by atoms with Crippen LogP contribution in [-0.4, -0.2) is 24.1 Å². The number of anilines is 1. The number of thiophene rings is 1. The van der Waals surface area contributed by atoms with E-state index in [0.29, 0.717) is 16.3 Å². The summed E-state index contributed by atoms with van der Waals surface area (Å²) in [4.78, 5) is 23.4. The van der Waals surface area contributed by atoms with Crippen LogP contribution in [0.15, 0.2) is 29.6 Å². The third kappa shape index (κ3) is 3.28. The number of amides is 1. The topological polar surface area (TPSA) is 75.6 Å². The van der Waals surface area contributed by atoms with Gasteiger partial charge in [-0.05, 0) is 17.7 Å². The lowest BCUT2D eigenvalue weighted by Crippen LogP contribution is -2.18. The molecule has 0 bridgehead atoms. The molecule has 0 saturated carbocycles. The summed E-state index contributed by atoms with van der Waals surface area (Å²) >= 11 is 1.21. The zero-order valence-electron chi connectivity index (χ0n) is 12.5. The van der Waals surface area contributed by atoms with E-state index in [2.05, 4.69) is 5.32 Å². The number of benzene rings is 1. The third-order valence-corrected chi connectivity index (χ3v) is 4.06. The lowest BCUT2D eigenvalue weighted by molar-refractivity contribution is -0.118. The van der Waals surface area contributed by atoms with Crippen LogP contribution < -0.4 is 10.1 Å². The standard InChI is InChI=1S/C16H17NO4S/c1-9(2)14(18)17-15-13(16(19)20)12(8-22-15)10-4-6-11(21-3)7-5-10/h4-9H,1-3H3,(H,17,18)(H,19,20). The van der Waals surface area contributed by atoms with Crippen molar-refractivity contribution < 1.29 is 19.4 Å². The van der Waals surface area contributed by atoms with Crippen molar-refractivity contribution in [2.75, 3.05) is 12.4 Å². The maximum Gasteiger partial charge on any atom is 0.339 e. The summed E-state index contributed by atoms with van der Waals surface area (Å²) < 4.78 is 5.10. The highest BCUT2D eigenvalue weighted by Crippen LogP contribution is 2.36. The van der Waals surface area contributed by atoms with Gasteiger partial charge in [0, 0.05) is 16.9 Å². The molecule has 0 aliphatic carbocycles. The number of carboxylic acids is 1. The number of carbonyl (C=O) groups excluding carboxylic acids is 1. The molecule has 116 valence electrons. The van der Waals surface area contributed by atoms with Gasteiger partial charge in [-0.1, -0.05) is 26.0 Å². The van der Waals surface area contributed by atoms with Crippen LogP contribution in [0, 0.1) is 5.92 Å². The van der Waals surface area contributed by atoms with Crippen LogP contribution in [0.3, 0.4) is 0 Å². The highest BCUT2D eigenvalue weighted by molar-refractivity contribution is 7.15. The van der Waals surface area contributed by atoms with Crippen molar-refractivity contribution in [3.05, 3.63) is 35.2 Å². The van der Waals surface area contributed by atoms with Gasteiger partial charge in [-0.3, -0.25) is 4.79 Å². The molecule has 0 atom stereocenters. The number of rotatable bonds is 5. The minimum absolute atomic E-state index is 0.115. The van der Waals surface area contributed by atoms with Gasteiger partial charge < -0.3 is 15.2 Å². The number of hydrogen-bond donors (Lipinski definition) is 2. The van der Waals surface area contributed by atoms with Gasteiger partial charge >= 0.3 is 5.97 Å². The molecule has 1 aromatic carbocycles. The molecule has 0 radical (unpaired) electrons. The van der Waals surface area contributed by atoms with E-state index in [1.54, 1.807) is 50.6 Å². The van der Waals surface area contributed by atoms with Gasteiger partial charge in [0.05, 0.1) is 7.11 Å². The molecule has 2 aromatic rings. The summed E-state index contributed by atoms with van der Waals surface area (Å²) in [7, 11) is 1.57. The fourth-order valence-electron chi connectivity index (χ4n) is 1.90. The molecule has 22 heavy (non-hydrogen) atoms. The van der Waals surface area contributed by atoms with Crippen molar-refractivity contribution in [1.29, 1.82) is 0 Å². The minimum Gasteiger partial charge on any atom is -0.497 e. The summed E-state index contributed by atoms with van der Waals surface area (Å²) in [6, 6.07) is 7.12. The average molecular weight is 319 g/mol. The first-order valence-corrected chi connectivity index (χ1v) is 7.62. The van der Waals surface area contributed by atoms with Gasteiger partial charge in [0.25, 0.3) is 0 Å². The third-order valence-electron chi connectivity index (χ3n) is 3.17. The second-order valence-electron chi connectivity index (χ2n) is 5.03. The number of methoxy groups -OCH3 is 1. The summed E-state index contributed by atoms with van der Waals surface area (Å²) in [5, 5.41) is 14.3. The normalized spacial score (nSPS) is 10.5. The maximum absolute atomic E-state index is 11.8. The Balaban J connectivity index is 2.41. The van der Waals surface area contributed by atoms with E-state index in [-0.39, 0.29) is 17.4 Å². The highest BCUT2D eigenvalue weighted by atomic mass is 32.1. The Morgan fingerprint density at radius 3 is 2.36 bits per heavy atom. The first-order valence-electron chi connectivity index (χ1n) is 6.74. The van der Waals surface area contributed by atoms with Crippen LogP contribution in [0.1, 0.15) is 24.2 Å². The Kier molecular flexibility index (Phi) is 4.82. The van der Waals surface area contributed by atoms with Crippen molar-refractivity contribution >= 4 is 28.2 Å². The molecule has 1 aromatic heterocycles. The molecule has 1 heterocycles. The Labute approximate surface area is 132 Å². The molecule has 0 fully saturated rings. The monoisotopic (exact) mass is 319 g/mol. The molecule has 0 unspecified atom stereocenters. The highest BCUT2D eigenvalue weighted by Gasteiger charge is 2.21. The average Bonchev–Trinajstić information content (AvgIpc) is 2.91. The van der Waals surface area contributed by atoms with Crippen LogP contribution in [0.2, 0.25) is 0 Å². The summed E-state index contributed by atoms with van der Waals surface area (Å²) in [6.45, 7) is 3.52. The van der Waals surface area contributed by atoms with E-state index in [9.17, 15) is 14.7 Å². The SMILES string of the molecule is COc1ccc(-c2csc(NC(=O)C(C)C)c2C(=O)O)cc1. The Morgan fingerprint density at radius 1 is 1.23 bits per heavy atom. The fourth-order valence-corrected chi connectivity index (χ4v) is 2.87. The van der Waals surface area contributed by atoms with Gasteiger partial charge in [-0.15, -0.1) is 11.3 Å². The number of hydrogen-bond acceptors (Lipinski definition) is 4. The quantitative estimate of drug-likeness (QED) is 0.880. The van der Waals surface area contributed by atoms with Crippen LogP contribution in [-0.2, 0) is 4.79 Å². The van der Waals surface area contributed by atoms with Crippen LogP contribution in [0.4, 0.5) is 5.00 Å². The smallest absolute Gasteiger partial charge is 0.339 e. The molecule has 2 N–H and O–H groups in total. The van der Waals surface area contributed by atoms with Crippen molar-refractivity contribution in [2.45, 2.75) is 13.8 Å². The van der Waals surface area contributed by atoms with Crippen LogP contribution in [0.25, 0.3) is 11.1 Å². The van der Waals surface area contributed by atoms with E-state index >= 15 is 0 Å². The lowest BCUT2D eigenvalue weighted by Gasteiger charge is -2.08. The molecule has 2 rings (SSSR count). The summed E-state index contributed by atoms with van der Waals surface area (Å²) in [6.07, 6.45) is 0. The number of carboxylic acid groups (broad SMARTS) is 1. The van der Waals surface area contributed by atoms with Gasteiger partial charge in [-0.25, -0.2) is 4.79 Å². The number of carbonyl (C=O) groups is 2. The molecule has 0 spiro atoms.